The summed E-state index contributed by atoms with van der Waals surface area (Å²) in [6, 6.07) is 1.66. The zero-order valence-corrected chi connectivity index (χ0v) is 8.60. The van der Waals surface area contributed by atoms with E-state index < -0.39 is 12.8 Å². The van der Waals surface area contributed by atoms with E-state index >= 15 is 0 Å². The van der Waals surface area contributed by atoms with Crippen LogP contribution in [-0.4, -0.2) is 17.8 Å². The summed E-state index contributed by atoms with van der Waals surface area (Å²) in [6.07, 6.45) is -1.27. The molecule has 0 amide bonds. The maximum atomic E-state index is 11.7. The lowest BCUT2D eigenvalue weighted by Gasteiger charge is -2.07. The summed E-state index contributed by atoms with van der Waals surface area (Å²) in [5, 5.41) is 0. The smallest absolute Gasteiger partial charge is 0.367 e. The van der Waals surface area contributed by atoms with E-state index in [1.54, 1.807) is 12.3 Å². The van der Waals surface area contributed by atoms with Gasteiger partial charge in [-0.2, -0.15) is 13.2 Å². The topological polar surface area (TPSA) is 22.1 Å². The molecule has 1 aromatic heterocycles. The lowest BCUT2D eigenvalue weighted by atomic mass is 10.3. The third-order valence-corrected chi connectivity index (χ3v) is 1.73. The Kier molecular flexibility index (Phi) is 3.88. The highest BCUT2D eigenvalue weighted by atomic mass is 79.9. The molecule has 6 heteroatoms. The van der Waals surface area contributed by atoms with Crippen molar-refractivity contribution in [3.63, 3.8) is 0 Å². The van der Waals surface area contributed by atoms with Crippen LogP contribution in [0.2, 0.25) is 0 Å². The molecule has 0 bridgehead atoms. The van der Waals surface area contributed by atoms with Crippen molar-refractivity contribution in [1.82, 2.24) is 4.98 Å². The molecule has 2 nitrogen and oxygen atoms in total. The van der Waals surface area contributed by atoms with Gasteiger partial charge in [-0.3, -0.25) is 4.98 Å². The number of alkyl halides is 3. The van der Waals surface area contributed by atoms with Gasteiger partial charge in [-0.25, -0.2) is 0 Å². The van der Waals surface area contributed by atoms with E-state index in [9.17, 15) is 13.2 Å². The second-order valence-corrected chi connectivity index (χ2v) is 3.54. The quantitative estimate of drug-likeness (QED) is 0.842. The zero-order valence-electron chi connectivity index (χ0n) is 7.01. The number of halogens is 4. The Labute approximate surface area is 87.2 Å². The lowest BCUT2D eigenvalue weighted by Crippen LogP contribution is -2.16. The van der Waals surface area contributed by atoms with Crippen molar-refractivity contribution in [1.29, 1.82) is 0 Å². The maximum absolute atomic E-state index is 11.7. The van der Waals surface area contributed by atoms with Crippen LogP contribution in [0.15, 0.2) is 22.9 Å². The number of aromatic nitrogens is 1. The number of rotatable bonds is 3. The van der Waals surface area contributed by atoms with Crippen molar-refractivity contribution in [2.45, 2.75) is 12.8 Å². The van der Waals surface area contributed by atoms with E-state index in [2.05, 4.69) is 25.7 Å². The second kappa shape index (κ2) is 4.75. The van der Waals surface area contributed by atoms with Gasteiger partial charge in [-0.1, -0.05) is 0 Å². The second-order valence-electron chi connectivity index (χ2n) is 2.62. The molecule has 1 aromatic rings. The average Bonchev–Trinajstić information content (AvgIpc) is 2.01. The Hall–Kier alpha value is -0.620. The van der Waals surface area contributed by atoms with Crippen molar-refractivity contribution < 1.29 is 17.9 Å². The van der Waals surface area contributed by atoms with Gasteiger partial charge in [0.2, 0.25) is 0 Å². The number of hydrogen-bond acceptors (Lipinski definition) is 2. The average molecular weight is 270 g/mol. The van der Waals surface area contributed by atoms with Crippen LogP contribution in [0.1, 0.15) is 5.56 Å². The Morgan fingerprint density at radius 1 is 1.36 bits per heavy atom. The fourth-order valence-electron chi connectivity index (χ4n) is 0.819. The number of ether oxygens (including phenoxy) is 1. The normalized spacial score (nSPS) is 11.7. The summed E-state index contributed by atoms with van der Waals surface area (Å²) in [5.74, 6) is 0. The minimum atomic E-state index is -4.28. The molecule has 0 saturated carbocycles. The van der Waals surface area contributed by atoms with Crippen LogP contribution in [0.4, 0.5) is 13.2 Å². The molecule has 1 heterocycles. The van der Waals surface area contributed by atoms with Crippen LogP contribution in [-0.2, 0) is 11.3 Å². The molecular formula is C8H7BrF3NO. The van der Waals surface area contributed by atoms with Gasteiger partial charge in [0.15, 0.2) is 0 Å². The predicted molar refractivity (Wildman–Crippen MR) is 47.6 cm³/mol. The van der Waals surface area contributed by atoms with Crippen molar-refractivity contribution in [3.8, 4) is 0 Å². The summed E-state index contributed by atoms with van der Waals surface area (Å²) in [6.45, 7) is -1.33. The van der Waals surface area contributed by atoms with Crippen LogP contribution >= 0.6 is 15.9 Å². The minimum absolute atomic E-state index is 0.0913. The molecule has 0 aliphatic carbocycles. The van der Waals surface area contributed by atoms with E-state index in [-0.39, 0.29) is 6.61 Å². The van der Waals surface area contributed by atoms with Gasteiger partial charge in [-0.15, -0.1) is 0 Å². The molecule has 0 N–H and O–H groups in total. The van der Waals surface area contributed by atoms with Crippen LogP contribution in [0.5, 0.6) is 0 Å². The summed E-state index contributed by atoms with van der Waals surface area (Å²) in [4.78, 5) is 3.79. The SMILES string of the molecule is FC(F)(F)COCc1cncc(Br)c1. The molecule has 0 aliphatic rings. The monoisotopic (exact) mass is 269 g/mol. The molecule has 0 atom stereocenters. The minimum Gasteiger partial charge on any atom is -0.367 e. The zero-order chi connectivity index (χ0) is 10.6. The highest BCUT2D eigenvalue weighted by Crippen LogP contribution is 2.16. The molecule has 0 aromatic carbocycles. The molecule has 0 unspecified atom stereocenters. The van der Waals surface area contributed by atoms with Crippen molar-refractivity contribution in [2.24, 2.45) is 0 Å². The summed E-state index contributed by atoms with van der Waals surface area (Å²) >= 11 is 3.15. The standard InChI is InChI=1S/C8H7BrF3NO/c9-7-1-6(2-13-3-7)4-14-5-8(10,11)12/h1-3H,4-5H2. The highest BCUT2D eigenvalue weighted by Gasteiger charge is 2.27. The molecule has 1 rings (SSSR count). The van der Waals surface area contributed by atoms with Crippen molar-refractivity contribution >= 4 is 15.9 Å². The first-order chi connectivity index (χ1) is 6.47. The first-order valence-electron chi connectivity index (χ1n) is 3.71. The van der Waals surface area contributed by atoms with Gasteiger partial charge < -0.3 is 4.74 Å². The maximum Gasteiger partial charge on any atom is 0.411 e. The van der Waals surface area contributed by atoms with E-state index in [0.717, 1.165) is 0 Å². The number of pyridine rings is 1. The van der Waals surface area contributed by atoms with Crippen LogP contribution in [0.25, 0.3) is 0 Å². The lowest BCUT2D eigenvalue weighted by molar-refractivity contribution is -0.176. The third-order valence-electron chi connectivity index (χ3n) is 1.30. The first-order valence-corrected chi connectivity index (χ1v) is 4.50. The van der Waals surface area contributed by atoms with E-state index in [1.165, 1.54) is 6.20 Å². The fraction of sp³-hybridized carbons (Fsp3) is 0.375. The summed E-state index contributed by atoms with van der Waals surface area (Å²) in [7, 11) is 0. The summed E-state index contributed by atoms with van der Waals surface area (Å²) < 4.78 is 40.2. The third kappa shape index (κ3) is 4.57. The van der Waals surface area contributed by atoms with Gasteiger partial charge in [0, 0.05) is 16.9 Å². The van der Waals surface area contributed by atoms with E-state index in [1.807, 2.05) is 0 Å². The molecule has 0 saturated heterocycles. The van der Waals surface area contributed by atoms with Crippen molar-refractivity contribution in [2.75, 3.05) is 6.61 Å². The first kappa shape index (κ1) is 11.5. The van der Waals surface area contributed by atoms with E-state index in [0.29, 0.717) is 10.0 Å². The number of hydrogen-bond donors (Lipinski definition) is 0. The van der Waals surface area contributed by atoms with Gasteiger partial charge >= 0.3 is 6.18 Å². The molecule has 78 valence electrons. The molecular weight excluding hydrogens is 263 g/mol. The fourth-order valence-corrected chi connectivity index (χ4v) is 1.23. The van der Waals surface area contributed by atoms with E-state index in [4.69, 9.17) is 0 Å². The van der Waals surface area contributed by atoms with Crippen LogP contribution in [0, 0.1) is 0 Å². The Balaban J connectivity index is 2.39. The van der Waals surface area contributed by atoms with Crippen LogP contribution < -0.4 is 0 Å². The molecule has 0 radical (unpaired) electrons. The van der Waals surface area contributed by atoms with Gasteiger partial charge in [0.05, 0.1) is 6.61 Å². The Bertz CT molecular complexity index is 303. The Morgan fingerprint density at radius 3 is 2.64 bits per heavy atom. The molecule has 0 aliphatic heterocycles. The summed E-state index contributed by atoms with van der Waals surface area (Å²) in [5.41, 5.74) is 0.601. The number of nitrogens with zero attached hydrogens (tertiary/aromatic N) is 1. The van der Waals surface area contributed by atoms with Gasteiger partial charge in [-0.05, 0) is 27.6 Å². The van der Waals surface area contributed by atoms with Crippen molar-refractivity contribution in [3.05, 3.63) is 28.5 Å². The van der Waals surface area contributed by atoms with Gasteiger partial charge in [0.1, 0.15) is 6.61 Å². The highest BCUT2D eigenvalue weighted by molar-refractivity contribution is 9.10. The largest absolute Gasteiger partial charge is 0.411 e. The molecule has 0 spiro atoms. The van der Waals surface area contributed by atoms with Gasteiger partial charge in [0.25, 0.3) is 0 Å². The Morgan fingerprint density at radius 2 is 2.07 bits per heavy atom. The van der Waals surface area contributed by atoms with Crippen LogP contribution in [0.3, 0.4) is 0 Å². The predicted octanol–water partition coefficient (Wildman–Crippen LogP) is 2.92. The molecule has 14 heavy (non-hydrogen) atoms. The molecule has 0 fully saturated rings.